The van der Waals surface area contributed by atoms with Gasteiger partial charge in [0.15, 0.2) is 11.4 Å². The quantitative estimate of drug-likeness (QED) is 0.172. The summed E-state index contributed by atoms with van der Waals surface area (Å²) in [6.07, 6.45) is 0. The van der Waals surface area contributed by atoms with E-state index < -0.39 is 0 Å². The number of nitrogens with zero attached hydrogens (tertiary/aromatic N) is 3. The van der Waals surface area contributed by atoms with Crippen molar-refractivity contribution in [3.8, 4) is 61.8 Å². The summed E-state index contributed by atoms with van der Waals surface area (Å²) in [5, 5.41) is 4.39. The van der Waals surface area contributed by atoms with Gasteiger partial charge in [-0.15, -0.1) is 0 Å². The zero-order valence-electron chi connectivity index (χ0n) is 30.3. The fourth-order valence-corrected chi connectivity index (χ4v) is 8.33. The van der Waals surface area contributed by atoms with E-state index in [1.807, 2.05) is 12.1 Å². The van der Waals surface area contributed by atoms with Crippen LogP contribution in [0, 0.1) is 0 Å². The summed E-state index contributed by atoms with van der Waals surface area (Å²) in [5.74, 6) is 0.673. The maximum absolute atomic E-state index is 6.94. The monoisotopic (exact) mass is 715 g/mol. The van der Waals surface area contributed by atoms with Gasteiger partial charge >= 0.3 is 0 Å². The van der Waals surface area contributed by atoms with Gasteiger partial charge in [0, 0.05) is 43.8 Å². The van der Waals surface area contributed by atoms with E-state index in [2.05, 4.69) is 193 Å². The average Bonchev–Trinajstić information content (AvgIpc) is 3.83. The number of fused-ring (bicyclic) bond motifs is 6. The standard InChI is InChI=1S/C52H33N3O/c1-4-17-34(18-5-1)37-23-10-11-24-39(37)45-33-44(36-21-8-3-9-22-36)53-52(54-45)43-29-16-31-47-49(43)42-25-12-13-30-46(42)55(47)48-32-15-28-41-40-27-14-26-38(50(40)56-51(41)48)35-19-6-2-7-20-35/h1-33H. The van der Waals surface area contributed by atoms with Crippen molar-refractivity contribution in [3.05, 3.63) is 200 Å². The second-order valence-corrected chi connectivity index (χ2v) is 14.1. The molecule has 0 fully saturated rings. The number of hydrogen-bond donors (Lipinski definition) is 0. The number of benzene rings is 8. The first kappa shape index (κ1) is 31.9. The maximum atomic E-state index is 6.94. The van der Waals surface area contributed by atoms with Gasteiger partial charge in [-0.1, -0.05) is 176 Å². The molecule has 262 valence electrons. The van der Waals surface area contributed by atoms with E-state index >= 15 is 0 Å². The van der Waals surface area contributed by atoms with Crippen LogP contribution in [-0.4, -0.2) is 14.5 Å². The molecule has 8 aromatic carbocycles. The molecule has 0 bridgehead atoms. The maximum Gasteiger partial charge on any atom is 0.161 e. The first-order chi connectivity index (χ1) is 27.8. The van der Waals surface area contributed by atoms with Crippen LogP contribution in [0.1, 0.15) is 0 Å². The highest BCUT2D eigenvalue weighted by molar-refractivity contribution is 6.17. The minimum atomic E-state index is 0.673. The van der Waals surface area contributed by atoms with Gasteiger partial charge in [0.05, 0.1) is 28.1 Å². The zero-order chi connectivity index (χ0) is 37.0. The van der Waals surface area contributed by atoms with E-state index in [-0.39, 0.29) is 0 Å². The van der Waals surface area contributed by atoms with Crippen LogP contribution < -0.4 is 0 Å². The summed E-state index contributed by atoms with van der Waals surface area (Å²) < 4.78 is 9.28. The molecule has 11 aromatic rings. The van der Waals surface area contributed by atoms with E-state index in [4.69, 9.17) is 14.4 Å². The number of rotatable bonds is 6. The lowest BCUT2D eigenvalue weighted by Gasteiger charge is -2.13. The molecule has 0 radical (unpaired) electrons. The van der Waals surface area contributed by atoms with Gasteiger partial charge in [-0.25, -0.2) is 9.97 Å². The topological polar surface area (TPSA) is 43.9 Å². The molecule has 0 aliphatic rings. The Morgan fingerprint density at radius 2 is 0.875 bits per heavy atom. The Bertz CT molecular complexity index is 3240. The molecular formula is C52H33N3O. The third-order valence-corrected chi connectivity index (χ3v) is 10.9. The molecule has 0 aliphatic heterocycles. The van der Waals surface area contributed by atoms with Gasteiger partial charge < -0.3 is 8.98 Å². The van der Waals surface area contributed by atoms with Crippen molar-refractivity contribution in [1.82, 2.24) is 14.5 Å². The van der Waals surface area contributed by atoms with Crippen LogP contribution in [0.5, 0.6) is 0 Å². The smallest absolute Gasteiger partial charge is 0.161 e. The lowest BCUT2D eigenvalue weighted by atomic mass is 9.96. The van der Waals surface area contributed by atoms with Crippen molar-refractivity contribution >= 4 is 43.7 Å². The summed E-state index contributed by atoms with van der Waals surface area (Å²) in [6, 6.07) is 70.0. The largest absolute Gasteiger partial charge is 0.453 e. The molecule has 0 atom stereocenters. The Hall–Kier alpha value is -7.56. The Kier molecular flexibility index (Phi) is 7.46. The Balaban J connectivity index is 1.17. The SMILES string of the molecule is c1ccc(-c2cc(-c3ccccc3-c3ccccc3)nc(-c3cccc4c3c3ccccc3n4-c3cccc4c3oc3c(-c5ccccc5)cccc34)n2)cc1. The predicted molar refractivity (Wildman–Crippen MR) is 231 cm³/mol. The summed E-state index contributed by atoms with van der Waals surface area (Å²) in [6.45, 7) is 0. The Morgan fingerprint density at radius 1 is 0.357 bits per heavy atom. The molecule has 11 rings (SSSR count). The van der Waals surface area contributed by atoms with Gasteiger partial charge in [0.25, 0.3) is 0 Å². The van der Waals surface area contributed by atoms with Gasteiger partial charge in [-0.3, -0.25) is 0 Å². The summed E-state index contributed by atoms with van der Waals surface area (Å²) >= 11 is 0. The number of furan rings is 1. The van der Waals surface area contributed by atoms with Crippen molar-refractivity contribution < 1.29 is 4.42 Å². The van der Waals surface area contributed by atoms with Crippen LogP contribution >= 0.6 is 0 Å². The second-order valence-electron chi connectivity index (χ2n) is 14.1. The van der Waals surface area contributed by atoms with E-state index in [1.165, 1.54) is 0 Å². The second kappa shape index (κ2) is 13.1. The minimum Gasteiger partial charge on any atom is -0.453 e. The molecule has 0 saturated carbocycles. The van der Waals surface area contributed by atoms with Crippen LogP contribution in [0.15, 0.2) is 205 Å². The molecule has 0 spiro atoms. The zero-order valence-corrected chi connectivity index (χ0v) is 30.3. The molecule has 4 heteroatoms. The molecule has 56 heavy (non-hydrogen) atoms. The molecule has 0 saturated heterocycles. The van der Waals surface area contributed by atoms with Crippen molar-refractivity contribution in [2.45, 2.75) is 0 Å². The van der Waals surface area contributed by atoms with Crippen LogP contribution in [-0.2, 0) is 0 Å². The lowest BCUT2D eigenvalue weighted by molar-refractivity contribution is 0.667. The Labute approximate surface area is 323 Å². The van der Waals surface area contributed by atoms with Crippen molar-refractivity contribution in [2.24, 2.45) is 0 Å². The third kappa shape index (κ3) is 5.15. The minimum absolute atomic E-state index is 0.673. The van der Waals surface area contributed by atoms with Crippen LogP contribution in [0.25, 0.3) is 106 Å². The third-order valence-electron chi connectivity index (χ3n) is 10.9. The average molecular weight is 716 g/mol. The van der Waals surface area contributed by atoms with Crippen LogP contribution in [0.2, 0.25) is 0 Å². The van der Waals surface area contributed by atoms with Crippen molar-refractivity contribution in [2.75, 3.05) is 0 Å². The van der Waals surface area contributed by atoms with Gasteiger partial charge in [-0.2, -0.15) is 0 Å². The fraction of sp³-hybridized carbons (Fsp3) is 0. The van der Waals surface area contributed by atoms with E-state index in [0.29, 0.717) is 5.82 Å². The molecule has 0 N–H and O–H groups in total. The summed E-state index contributed by atoms with van der Waals surface area (Å²) in [7, 11) is 0. The van der Waals surface area contributed by atoms with Crippen LogP contribution in [0.4, 0.5) is 0 Å². The van der Waals surface area contributed by atoms with Gasteiger partial charge in [0.2, 0.25) is 0 Å². The molecule has 4 nitrogen and oxygen atoms in total. The molecule has 0 aliphatic carbocycles. The van der Waals surface area contributed by atoms with E-state index in [0.717, 1.165) is 99.8 Å². The summed E-state index contributed by atoms with van der Waals surface area (Å²) in [5.41, 5.74) is 14.1. The van der Waals surface area contributed by atoms with Crippen molar-refractivity contribution in [1.29, 1.82) is 0 Å². The van der Waals surface area contributed by atoms with Gasteiger partial charge in [0.1, 0.15) is 5.58 Å². The molecule has 3 aromatic heterocycles. The molecule has 0 unspecified atom stereocenters. The van der Waals surface area contributed by atoms with Gasteiger partial charge in [-0.05, 0) is 41.0 Å². The van der Waals surface area contributed by atoms with E-state index in [9.17, 15) is 0 Å². The number of aromatic nitrogens is 3. The first-order valence-corrected chi connectivity index (χ1v) is 18.9. The summed E-state index contributed by atoms with van der Waals surface area (Å²) in [4.78, 5) is 10.7. The normalized spacial score (nSPS) is 11.6. The van der Waals surface area contributed by atoms with Crippen molar-refractivity contribution in [3.63, 3.8) is 0 Å². The number of para-hydroxylation sites is 3. The number of hydrogen-bond acceptors (Lipinski definition) is 3. The highest BCUT2D eigenvalue weighted by Crippen LogP contribution is 2.43. The molecule has 0 amide bonds. The van der Waals surface area contributed by atoms with Crippen LogP contribution in [0.3, 0.4) is 0 Å². The molecule has 3 heterocycles. The lowest BCUT2D eigenvalue weighted by Crippen LogP contribution is -1.98. The highest BCUT2D eigenvalue weighted by atomic mass is 16.3. The highest BCUT2D eigenvalue weighted by Gasteiger charge is 2.22. The first-order valence-electron chi connectivity index (χ1n) is 18.9. The Morgan fingerprint density at radius 3 is 1.64 bits per heavy atom. The molecular weight excluding hydrogens is 683 g/mol. The van der Waals surface area contributed by atoms with E-state index in [1.54, 1.807) is 0 Å². The fourth-order valence-electron chi connectivity index (χ4n) is 8.33. The predicted octanol–water partition coefficient (Wildman–Crippen LogP) is 13.8.